The van der Waals surface area contributed by atoms with Crippen molar-refractivity contribution in [2.24, 2.45) is 0 Å². The van der Waals surface area contributed by atoms with Crippen LogP contribution in [0.3, 0.4) is 0 Å². The molecule has 1 atom stereocenters. The summed E-state index contributed by atoms with van der Waals surface area (Å²) in [6.45, 7) is 2.12. The van der Waals surface area contributed by atoms with Crippen LogP contribution in [0.15, 0.2) is 36.5 Å². The number of nitrogens with zero attached hydrogens (tertiary/aromatic N) is 1. The Hall–Kier alpha value is -1.61. The van der Waals surface area contributed by atoms with Gasteiger partial charge in [0.1, 0.15) is 0 Å². The first-order chi connectivity index (χ1) is 7.33. The Morgan fingerprint density at radius 1 is 1.27 bits per heavy atom. The van der Waals surface area contributed by atoms with Crippen molar-refractivity contribution in [3.8, 4) is 11.3 Å². The molecule has 2 rings (SSSR count). The van der Waals surface area contributed by atoms with Crippen molar-refractivity contribution in [2.75, 3.05) is 7.05 Å². The molecule has 3 nitrogen and oxygen atoms in total. The van der Waals surface area contributed by atoms with Crippen LogP contribution in [0.1, 0.15) is 18.5 Å². The van der Waals surface area contributed by atoms with Gasteiger partial charge in [-0.1, -0.05) is 30.3 Å². The number of hydrogen-bond acceptors (Lipinski definition) is 2. The Morgan fingerprint density at radius 2 is 2.00 bits per heavy atom. The van der Waals surface area contributed by atoms with Gasteiger partial charge in [0.25, 0.3) is 0 Å². The minimum absolute atomic E-state index is 0.305. The molecule has 1 unspecified atom stereocenters. The van der Waals surface area contributed by atoms with E-state index in [1.807, 2.05) is 31.4 Å². The van der Waals surface area contributed by atoms with Crippen molar-refractivity contribution in [3.63, 3.8) is 0 Å². The van der Waals surface area contributed by atoms with Crippen molar-refractivity contribution < 1.29 is 0 Å². The molecular formula is C12H15N3. The third-order valence-corrected chi connectivity index (χ3v) is 2.63. The molecule has 15 heavy (non-hydrogen) atoms. The number of aromatic amines is 1. The summed E-state index contributed by atoms with van der Waals surface area (Å²) in [6.07, 6.45) is 1.88. The lowest BCUT2D eigenvalue weighted by molar-refractivity contribution is 0.654. The van der Waals surface area contributed by atoms with Crippen LogP contribution >= 0.6 is 0 Å². The molecule has 0 aliphatic carbocycles. The quantitative estimate of drug-likeness (QED) is 0.800. The molecule has 0 radical (unpaired) electrons. The van der Waals surface area contributed by atoms with Crippen LogP contribution in [0.4, 0.5) is 0 Å². The summed E-state index contributed by atoms with van der Waals surface area (Å²) in [5.41, 5.74) is 3.47. The first-order valence-electron chi connectivity index (χ1n) is 5.09. The molecule has 2 aromatic rings. The van der Waals surface area contributed by atoms with E-state index >= 15 is 0 Å². The van der Waals surface area contributed by atoms with Crippen molar-refractivity contribution in [1.29, 1.82) is 0 Å². The fraction of sp³-hybridized carbons (Fsp3) is 0.250. The molecule has 0 fully saturated rings. The number of hydrogen-bond donors (Lipinski definition) is 2. The van der Waals surface area contributed by atoms with E-state index in [9.17, 15) is 0 Å². The van der Waals surface area contributed by atoms with Crippen LogP contribution < -0.4 is 5.32 Å². The highest BCUT2D eigenvalue weighted by atomic mass is 15.1. The van der Waals surface area contributed by atoms with Gasteiger partial charge in [0.2, 0.25) is 0 Å². The molecule has 0 bridgehead atoms. The largest absolute Gasteiger partial charge is 0.313 e. The summed E-state index contributed by atoms with van der Waals surface area (Å²) in [5.74, 6) is 0. The standard InChI is InChI=1S/C12H15N3/c1-9(13-2)11-8-14-15-12(11)10-6-4-3-5-7-10/h3-9,13H,1-2H3,(H,14,15). The summed E-state index contributed by atoms with van der Waals surface area (Å²) >= 11 is 0. The van der Waals surface area contributed by atoms with E-state index in [1.165, 1.54) is 11.1 Å². The first-order valence-corrected chi connectivity index (χ1v) is 5.09. The van der Waals surface area contributed by atoms with Gasteiger partial charge in [-0.25, -0.2) is 0 Å². The Labute approximate surface area is 89.5 Å². The highest BCUT2D eigenvalue weighted by molar-refractivity contribution is 5.62. The molecule has 1 aromatic carbocycles. The van der Waals surface area contributed by atoms with E-state index in [0.717, 1.165) is 5.69 Å². The minimum Gasteiger partial charge on any atom is -0.313 e. The van der Waals surface area contributed by atoms with E-state index in [4.69, 9.17) is 0 Å². The van der Waals surface area contributed by atoms with Gasteiger partial charge in [-0.3, -0.25) is 5.10 Å². The van der Waals surface area contributed by atoms with Crippen LogP contribution in [-0.2, 0) is 0 Å². The van der Waals surface area contributed by atoms with Crippen molar-refractivity contribution in [3.05, 3.63) is 42.1 Å². The highest BCUT2D eigenvalue weighted by Gasteiger charge is 2.11. The second-order valence-corrected chi connectivity index (χ2v) is 3.58. The molecule has 2 N–H and O–H groups in total. The summed E-state index contributed by atoms with van der Waals surface area (Å²) in [6, 6.07) is 10.5. The van der Waals surface area contributed by atoms with Crippen molar-refractivity contribution >= 4 is 0 Å². The SMILES string of the molecule is CNC(C)c1cn[nH]c1-c1ccccc1. The lowest BCUT2D eigenvalue weighted by Crippen LogP contribution is -2.12. The van der Waals surface area contributed by atoms with Crippen LogP contribution in [0.5, 0.6) is 0 Å². The average Bonchev–Trinajstić information content (AvgIpc) is 2.78. The fourth-order valence-electron chi connectivity index (χ4n) is 1.62. The molecule has 0 saturated carbocycles. The molecule has 1 heterocycles. The second kappa shape index (κ2) is 4.28. The summed E-state index contributed by atoms with van der Waals surface area (Å²) in [7, 11) is 1.95. The fourth-order valence-corrected chi connectivity index (χ4v) is 1.62. The molecule has 0 spiro atoms. The summed E-state index contributed by atoms with van der Waals surface area (Å²) < 4.78 is 0. The number of nitrogens with one attached hydrogen (secondary N) is 2. The molecule has 3 heteroatoms. The molecule has 78 valence electrons. The van der Waals surface area contributed by atoms with Crippen LogP contribution in [-0.4, -0.2) is 17.2 Å². The highest BCUT2D eigenvalue weighted by Crippen LogP contribution is 2.25. The third-order valence-electron chi connectivity index (χ3n) is 2.63. The Bertz CT molecular complexity index is 419. The van der Waals surface area contributed by atoms with Crippen LogP contribution in [0.2, 0.25) is 0 Å². The summed E-state index contributed by atoms with van der Waals surface area (Å²) in [4.78, 5) is 0. The van der Waals surface area contributed by atoms with Gasteiger partial charge in [-0.15, -0.1) is 0 Å². The monoisotopic (exact) mass is 201 g/mol. The molecule has 0 aliphatic heterocycles. The normalized spacial score (nSPS) is 12.7. The summed E-state index contributed by atoms with van der Waals surface area (Å²) in [5, 5.41) is 10.4. The zero-order chi connectivity index (χ0) is 10.7. The predicted octanol–water partition coefficient (Wildman–Crippen LogP) is 2.36. The molecular weight excluding hydrogens is 186 g/mol. The van der Waals surface area contributed by atoms with Crippen molar-refractivity contribution in [2.45, 2.75) is 13.0 Å². The van der Waals surface area contributed by atoms with Gasteiger partial charge in [-0.2, -0.15) is 5.10 Å². The van der Waals surface area contributed by atoms with E-state index in [0.29, 0.717) is 6.04 Å². The Morgan fingerprint density at radius 3 is 2.67 bits per heavy atom. The maximum atomic E-state index is 4.10. The number of benzene rings is 1. The average molecular weight is 201 g/mol. The van der Waals surface area contributed by atoms with Crippen LogP contribution in [0, 0.1) is 0 Å². The van der Waals surface area contributed by atoms with E-state index < -0.39 is 0 Å². The predicted molar refractivity (Wildman–Crippen MR) is 61.5 cm³/mol. The maximum absolute atomic E-state index is 4.10. The van der Waals surface area contributed by atoms with Gasteiger partial charge in [-0.05, 0) is 19.5 Å². The van der Waals surface area contributed by atoms with Crippen molar-refractivity contribution in [1.82, 2.24) is 15.5 Å². The minimum atomic E-state index is 0.305. The van der Waals surface area contributed by atoms with Gasteiger partial charge in [0.05, 0.1) is 11.9 Å². The van der Waals surface area contributed by atoms with E-state index in [2.05, 4.69) is 34.6 Å². The topological polar surface area (TPSA) is 40.7 Å². The smallest absolute Gasteiger partial charge is 0.0697 e. The number of rotatable bonds is 3. The van der Waals surface area contributed by atoms with E-state index in [1.54, 1.807) is 0 Å². The Balaban J connectivity index is 2.41. The van der Waals surface area contributed by atoms with E-state index in [-0.39, 0.29) is 0 Å². The second-order valence-electron chi connectivity index (χ2n) is 3.58. The number of aromatic nitrogens is 2. The maximum Gasteiger partial charge on any atom is 0.0697 e. The lowest BCUT2D eigenvalue weighted by Gasteiger charge is -2.10. The molecule has 0 saturated heterocycles. The van der Waals surface area contributed by atoms with Gasteiger partial charge in [0.15, 0.2) is 0 Å². The zero-order valence-electron chi connectivity index (χ0n) is 8.99. The molecule has 0 aliphatic rings. The Kier molecular flexibility index (Phi) is 2.83. The third kappa shape index (κ3) is 1.92. The molecule has 1 aromatic heterocycles. The van der Waals surface area contributed by atoms with Gasteiger partial charge in [0, 0.05) is 11.6 Å². The first kappa shape index (κ1) is 9.93. The molecule has 0 amide bonds. The lowest BCUT2D eigenvalue weighted by atomic mass is 10.0. The van der Waals surface area contributed by atoms with Gasteiger partial charge >= 0.3 is 0 Å². The number of H-pyrrole nitrogens is 1. The zero-order valence-corrected chi connectivity index (χ0v) is 8.99. The van der Waals surface area contributed by atoms with Gasteiger partial charge < -0.3 is 5.32 Å². The van der Waals surface area contributed by atoms with Crippen LogP contribution in [0.25, 0.3) is 11.3 Å².